The van der Waals surface area contributed by atoms with E-state index in [-0.39, 0.29) is 10.6 Å². The molecule has 8 nitrogen and oxygen atoms in total. The number of nitrogens with one attached hydrogen (secondary N) is 1. The van der Waals surface area contributed by atoms with Crippen molar-refractivity contribution >= 4 is 21.2 Å². The first-order valence-corrected chi connectivity index (χ1v) is 9.84. The largest absolute Gasteiger partial charge is 0.375 e. The molecule has 0 aliphatic heterocycles. The van der Waals surface area contributed by atoms with Crippen molar-refractivity contribution in [3.63, 3.8) is 0 Å². The number of nitro benzene ring substituents is 1. The lowest BCUT2D eigenvalue weighted by molar-refractivity contribution is -0.386. The summed E-state index contributed by atoms with van der Waals surface area (Å²) in [5, 5.41) is 18.9. The Morgan fingerprint density at radius 3 is 2.48 bits per heavy atom. The van der Waals surface area contributed by atoms with Crippen LogP contribution >= 0.6 is 0 Å². The molecule has 0 saturated heterocycles. The number of hydrogen-bond donors (Lipinski definition) is 1. The van der Waals surface area contributed by atoms with Crippen molar-refractivity contribution in [1.82, 2.24) is 9.78 Å². The van der Waals surface area contributed by atoms with Gasteiger partial charge in [0.1, 0.15) is 10.6 Å². The summed E-state index contributed by atoms with van der Waals surface area (Å²) in [5.41, 5.74) is 2.72. The van der Waals surface area contributed by atoms with Crippen LogP contribution in [-0.2, 0) is 36.3 Å². The van der Waals surface area contributed by atoms with Gasteiger partial charge in [0.25, 0.3) is 0 Å². The number of sulfone groups is 1. The predicted octanol–water partition coefficient (Wildman–Crippen LogP) is 2.47. The Bertz CT molecular complexity index is 903. The van der Waals surface area contributed by atoms with Gasteiger partial charge in [0.15, 0.2) is 9.84 Å². The van der Waals surface area contributed by atoms with Crippen molar-refractivity contribution in [2.45, 2.75) is 38.1 Å². The van der Waals surface area contributed by atoms with Crippen molar-refractivity contribution in [2.75, 3.05) is 11.6 Å². The molecule has 0 aliphatic rings. The Balaban J connectivity index is 2.45. The maximum atomic E-state index is 11.8. The van der Waals surface area contributed by atoms with Crippen molar-refractivity contribution < 1.29 is 13.3 Å². The molecule has 2 aromatic rings. The number of para-hydroxylation sites is 1. The summed E-state index contributed by atoms with van der Waals surface area (Å²) in [6.45, 7) is 4.36. The second kappa shape index (κ2) is 7.22. The van der Waals surface area contributed by atoms with Crippen molar-refractivity contribution in [3.8, 4) is 0 Å². The molecule has 1 heterocycles. The fraction of sp³-hybridized carbons (Fsp3) is 0.438. The van der Waals surface area contributed by atoms with Gasteiger partial charge in [0.2, 0.25) is 0 Å². The zero-order valence-electron chi connectivity index (χ0n) is 14.7. The minimum atomic E-state index is -3.70. The number of nitrogens with zero attached hydrogens (tertiary/aromatic N) is 3. The molecule has 0 radical (unpaired) electrons. The highest BCUT2D eigenvalue weighted by Crippen LogP contribution is 2.32. The third kappa shape index (κ3) is 3.81. The SMILES string of the molecule is CCc1nn(C)c(CC)c1CNc1cccc(S(C)(=O)=O)c1[N+](=O)[O-]. The molecule has 0 amide bonds. The fourth-order valence-electron chi connectivity index (χ4n) is 2.93. The first kappa shape index (κ1) is 18.9. The molecule has 0 saturated carbocycles. The van der Waals surface area contributed by atoms with Crippen LogP contribution in [0.4, 0.5) is 11.4 Å². The van der Waals surface area contributed by atoms with Crippen LogP contribution in [0.25, 0.3) is 0 Å². The Morgan fingerprint density at radius 2 is 1.96 bits per heavy atom. The van der Waals surface area contributed by atoms with E-state index in [0.29, 0.717) is 6.54 Å². The van der Waals surface area contributed by atoms with Crippen molar-refractivity contribution in [2.24, 2.45) is 7.05 Å². The number of benzene rings is 1. The van der Waals surface area contributed by atoms with E-state index in [1.54, 1.807) is 0 Å². The Kier molecular flexibility index (Phi) is 5.46. The molecule has 136 valence electrons. The Labute approximate surface area is 146 Å². The van der Waals surface area contributed by atoms with Gasteiger partial charge in [-0.15, -0.1) is 0 Å². The molecule has 0 atom stereocenters. The van der Waals surface area contributed by atoms with Gasteiger partial charge < -0.3 is 5.32 Å². The minimum absolute atomic E-state index is 0.181. The zero-order chi connectivity index (χ0) is 18.8. The second-order valence-corrected chi connectivity index (χ2v) is 7.72. The van der Waals surface area contributed by atoms with E-state index in [9.17, 15) is 18.5 Å². The van der Waals surface area contributed by atoms with E-state index in [1.165, 1.54) is 18.2 Å². The lowest BCUT2D eigenvalue weighted by Gasteiger charge is -2.11. The first-order valence-electron chi connectivity index (χ1n) is 7.95. The second-order valence-electron chi connectivity index (χ2n) is 5.74. The average molecular weight is 366 g/mol. The normalized spacial score (nSPS) is 11.5. The zero-order valence-corrected chi connectivity index (χ0v) is 15.6. The van der Waals surface area contributed by atoms with Crippen LogP contribution < -0.4 is 5.32 Å². The molecule has 0 unspecified atom stereocenters. The lowest BCUT2D eigenvalue weighted by atomic mass is 10.1. The summed E-state index contributed by atoms with van der Waals surface area (Å²) in [6, 6.07) is 4.26. The molecule has 0 bridgehead atoms. The number of anilines is 1. The number of hydrogen-bond acceptors (Lipinski definition) is 6. The van der Waals surface area contributed by atoms with Crippen LogP contribution in [0, 0.1) is 10.1 Å². The standard InChI is InChI=1S/C16H22N4O4S/c1-5-12-11(14(6-2)19(3)18-12)10-17-13-8-7-9-15(25(4,23)24)16(13)20(21)22/h7-9,17H,5-6,10H2,1-4H3. The first-order chi connectivity index (χ1) is 11.7. The summed E-state index contributed by atoms with van der Waals surface area (Å²) in [6.07, 6.45) is 2.49. The number of rotatable bonds is 7. The molecule has 0 spiro atoms. The molecule has 9 heteroatoms. The van der Waals surface area contributed by atoms with Gasteiger partial charge in [-0.1, -0.05) is 19.9 Å². The van der Waals surface area contributed by atoms with Gasteiger partial charge in [0, 0.05) is 31.1 Å². The summed E-state index contributed by atoms with van der Waals surface area (Å²) < 4.78 is 25.5. The maximum Gasteiger partial charge on any atom is 0.310 e. The third-order valence-electron chi connectivity index (χ3n) is 4.06. The highest BCUT2D eigenvalue weighted by Gasteiger charge is 2.26. The maximum absolute atomic E-state index is 11.8. The highest BCUT2D eigenvalue weighted by molar-refractivity contribution is 7.90. The molecule has 1 N–H and O–H groups in total. The van der Waals surface area contributed by atoms with Gasteiger partial charge in [-0.05, 0) is 25.0 Å². The van der Waals surface area contributed by atoms with Gasteiger partial charge in [0.05, 0.1) is 10.6 Å². The van der Waals surface area contributed by atoms with Crippen molar-refractivity contribution in [3.05, 3.63) is 45.3 Å². The summed E-state index contributed by atoms with van der Waals surface area (Å²) in [5.74, 6) is 0. The molecular weight excluding hydrogens is 344 g/mol. The van der Waals surface area contributed by atoms with E-state index in [2.05, 4.69) is 10.4 Å². The molecule has 0 fully saturated rings. The summed E-state index contributed by atoms with van der Waals surface area (Å²) in [4.78, 5) is 10.5. The van der Waals surface area contributed by atoms with Gasteiger partial charge >= 0.3 is 5.69 Å². The lowest BCUT2D eigenvalue weighted by Crippen LogP contribution is -2.09. The molecule has 1 aromatic carbocycles. The predicted molar refractivity (Wildman–Crippen MR) is 95.5 cm³/mol. The van der Waals surface area contributed by atoms with Gasteiger partial charge in [-0.25, -0.2) is 8.42 Å². The molecule has 0 aliphatic carbocycles. The van der Waals surface area contributed by atoms with Crippen LogP contribution in [0.1, 0.15) is 30.8 Å². The van der Waals surface area contributed by atoms with Gasteiger partial charge in [-0.2, -0.15) is 5.10 Å². The third-order valence-corrected chi connectivity index (χ3v) is 5.19. The number of aryl methyl sites for hydroxylation is 2. The fourth-order valence-corrected chi connectivity index (χ4v) is 3.79. The quantitative estimate of drug-likeness (QED) is 0.596. The van der Waals surface area contributed by atoms with E-state index in [1.807, 2.05) is 25.6 Å². The topological polar surface area (TPSA) is 107 Å². The van der Waals surface area contributed by atoms with E-state index in [0.717, 1.165) is 36.0 Å². The molecule has 1 aromatic heterocycles. The number of nitro groups is 1. The molecule has 25 heavy (non-hydrogen) atoms. The highest BCUT2D eigenvalue weighted by atomic mass is 32.2. The van der Waals surface area contributed by atoms with Crippen molar-refractivity contribution in [1.29, 1.82) is 0 Å². The van der Waals surface area contributed by atoms with E-state index < -0.39 is 20.4 Å². The van der Waals surface area contributed by atoms with Crippen LogP contribution in [0.3, 0.4) is 0 Å². The monoisotopic (exact) mass is 366 g/mol. The minimum Gasteiger partial charge on any atom is -0.375 e. The van der Waals surface area contributed by atoms with Crippen LogP contribution in [0.5, 0.6) is 0 Å². The smallest absolute Gasteiger partial charge is 0.310 e. The van der Waals surface area contributed by atoms with E-state index >= 15 is 0 Å². The molecule has 2 rings (SSSR count). The van der Waals surface area contributed by atoms with Crippen LogP contribution in [-0.4, -0.2) is 29.4 Å². The molecular formula is C16H22N4O4S. The number of aromatic nitrogens is 2. The summed E-state index contributed by atoms with van der Waals surface area (Å²) in [7, 11) is -1.83. The van der Waals surface area contributed by atoms with E-state index in [4.69, 9.17) is 0 Å². The van der Waals surface area contributed by atoms with Crippen LogP contribution in [0.15, 0.2) is 23.1 Å². The summed E-state index contributed by atoms with van der Waals surface area (Å²) >= 11 is 0. The Hall–Kier alpha value is -2.42. The average Bonchev–Trinajstić information content (AvgIpc) is 2.86. The van der Waals surface area contributed by atoms with Crippen LogP contribution in [0.2, 0.25) is 0 Å². The van der Waals surface area contributed by atoms with Gasteiger partial charge in [-0.3, -0.25) is 14.8 Å². The Morgan fingerprint density at radius 1 is 1.28 bits per heavy atom.